The summed E-state index contributed by atoms with van der Waals surface area (Å²) in [4.78, 5) is 42.7. The molecule has 206 valence electrons. The lowest BCUT2D eigenvalue weighted by molar-refractivity contribution is -0.146. The highest BCUT2D eigenvalue weighted by Crippen LogP contribution is 2.35. The predicted octanol–water partition coefficient (Wildman–Crippen LogP) is 6.17. The summed E-state index contributed by atoms with van der Waals surface area (Å²) in [5.74, 6) is -0.760. The van der Waals surface area contributed by atoms with Gasteiger partial charge in [-0.2, -0.15) is 0 Å². The molecule has 0 radical (unpaired) electrons. The Hall–Kier alpha value is -3.35. The third kappa shape index (κ3) is 7.36. The smallest absolute Gasteiger partial charge is 0.408 e. The SMILES string of the molecule is CCc1ccc(C(C(=O)Nc2ccccc2C)N(C(=O)C(NC(=O)OC(C)(C)C)C(C)C)C2CCC2)cc1. The number of anilines is 1. The number of amides is 3. The maximum Gasteiger partial charge on any atom is 0.408 e. The molecule has 0 aliphatic heterocycles. The van der Waals surface area contributed by atoms with E-state index in [1.165, 1.54) is 0 Å². The van der Waals surface area contributed by atoms with Gasteiger partial charge in [0.15, 0.2) is 0 Å². The second kappa shape index (κ2) is 12.5. The molecule has 0 bridgehead atoms. The van der Waals surface area contributed by atoms with Gasteiger partial charge in [0.2, 0.25) is 5.91 Å². The van der Waals surface area contributed by atoms with Gasteiger partial charge in [0, 0.05) is 11.7 Å². The first kappa shape index (κ1) is 29.2. The summed E-state index contributed by atoms with van der Waals surface area (Å²) in [6.07, 6.45) is 2.84. The van der Waals surface area contributed by atoms with E-state index in [1.54, 1.807) is 25.7 Å². The molecule has 0 heterocycles. The molecule has 2 unspecified atom stereocenters. The molecular formula is C31H43N3O4. The van der Waals surface area contributed by atoms with Crippen molar-refractivity contribution in [2.45, 2.75) is 97.9 Å². The Balaban J connectivity index is 2.02. The van der Waals surface area contributed by atoms with Crippen LogP contribution in [0, 0.1) is 12.8 Å². The average molecular weight is 522 g/mol. The Labute approximate surface area is 227 Å². The highest BCUT2D eigenvalue weighted by atomic mass is 16.6. The number of rotatable bonds is 9. The van der Waals surface area contributed by atoms with E-state index in [0.717, 1.165) is 42.4 Å². The summed E-state index contributed by atoms with van der Waals surface area (Å²) in [5.41, 5.74) is 2.85. The van der Waals surface area contributed by atoms with E-state index >= 15 is 0 Å². The Morgan fingerprint density at radius 3 is 2.16 bits per heavy atom. The van der Waals surface area contributed by atoms with E-state index in [-0.39, 0.29) is 23.8 Å². The minimum absolute atomic E-state index is 0.0948. The molecule has 1 aliphatic carbocycles. The molecule has 7 nitrogen and oxygen atoms in total. The number of alkyl carbamates (subject to hydrolysis) is 1. The largest absolute Gasteiger partial charge is 0.444 e. The molecule has 2 aromatic carbocycles. The maximum atomic E-state index is 14.3. The van der Waals surface area contributed by atoms with Crippen LogP contribution in [0.15, 0.2) is 48.5 Å². The summed E-state index contributed by atoms with van der Waals surface area (Å²) >= 11 is 0. The van der Waals surface area contributed by atoms with E-state index in [4.69, 9.17) is 4.74 Å². The number of carbonyl (C=O) groups excluding carboxylic acids is 3. The van der Waals surface area contributed by atoms with Crippen molar-refractivity contribution in [2.24, 2.45) is 5.92 Å². The molecule has 2 N–H and O–H groups in total. The first-order valence-electron chi connectivity index (χ1n) is 13.7. The standard InChI is InChI=1S/C31H43N3O4/c1-8-22-16-18-23(19-17-22)27(28(35)32-25-15-10-9-12-21(25)4)34(24-13-11-14-24)29(36)26(20(2)3)33-30(37)38-31(5,6)7/h9-10,12,15-20,24,26-27H,8,11,13-14H2,1-7H3,(H,32,35)(H,33,37). The van der Waals surface area contributed by atoms with Gasteiger partial charge in [-0.3, -0.25) is 9.59 Å². The van der Waals surface area contributed by atoms with Gasteiger partial charge in [0.25, 0.3) is 5.91 Å². The van der Waals surface area contributed by atoms with Gasteiger partial charge in [-0.25, -0.2) is 4.79 Å². The van der Waals surface area contributed by atoms with Crippen LogP contribution in [0.1, 0.15) is 83.5 Å². The summed E-state index contributed by atoms with van der Waals surface area (Å²) in [6, 6.07) is 13.7. The quantitative estimate of drug-likeness (QED) is 0.413. The number of benzene rings is 2. The van der Waals surface area contributed by atoms with Crippen LogP contribution >= 0.6 is 0 Å². The Kier molecular flexibility index (Phi) is 9.58. The summed E-state index contributed by atoms with van der Waals surface area (Å²) in [5, 5.41) is 5.87. The second-order valence-corrected chi connectivity index (χ2v) is 11.5. The fourth-order valence-electron chi connectivity index (χ4n) is 4.58. The predicted molar refractivity (Wildman–Crippen MR) is 151 cm³/mol. The van der Waals surface area contributed by atoms with Crippen molar-refractivity contribution in [3.8, 4) is 0 Å². The molecule has 38 heavy (non-hydrogen) atoms. The van der Waals surface area contributed by atoms with E-state index in [0.29, 0.717) is 5.69 Å². The minimum atomic E-state index is -0.847. The average Bonchev–Trinajstić information content (AvgIpc) is 2.81. The number of hydrogen-bond acceptors (Lipinski definition) is 4. The third-order valence-electron chi connectivity index (χ3n) is 6.96. The van der Waals surface area contributed by atoms with Crippen molar-refractivity contribution in [1.29, 1.82) is 0 Å². The van der Waals surface area contributed by atoms with E-state index < -0.39 is 23.8 Å². The number of para-hydroxylation sites is 1. The molecule has 0 saturated heterocycles. The first-order chi connectivity index (χ1) is 17.9. The second-order valence-electron chi connectivity index (χ2n) is 11.5. The molecular weight excluding hydrogens is 478 g/mol. The number of carbonyl (C=O) groups is 3. The third-order valence-corrected chi connectivity index (χ3v) is 6.96. The molecule has 7 heteroatoms. The Morgan fingerprint density at radius 1 is 1.03 bits per heavy atom. The zero-order valence-electron chi connectivity index (χ0n) is 23.8. The van der Waals surface area contributed by atoms with E-state index in [2.05, 4.69) is 17.6 Å². The highest BCUT2D eigenvalue weighted by molar-refractivity contribution is 5.99. The van der Waals surface area contributed by atoms with Crippen LogP contribution in [-0.2, 0) is 20.7 Å². The lowest BCUT2D eigenvalue weighted by atomic mass is 9.87. The summed E-state index contributed by atoms with van der Waals surface area (Å²) < 4.78 is 5.46. The number of aryl methyl sites for hydroxylation is 2. The number of hydrogen-bond donors (Lipinski definition) is 2. The van der Waals surface area contributed by atoms with Crippen molar-refractivity contribution < 1.29 is 19.1 Å². The van der Waals surface area contributed by atoms with Crippen molar-refractivity contribution >= 4 is 23.6 Å². The zero-order chi connectivity index (χ0) is 28.0. The van der Waals surface area contributed by atoms with Crippen molar-refractivity contribution in [3.63, 3.8) is 0 Å². The van der Waals surface area contributed by atoms with Crippen LogP contribution in [0.5, 0.6) is 0 Å². The monoisotopic (exact) mass is 521 g/mol. The van der Waals surface area contributed by atoms with Gasteiger partial charge in [-0.05, 0) is 82.1 Å². The first-order valence-corrected chi connectivity index (χ1v) is 13.7. The van der Waals surface area contributed by atoms with E-state index in [9.17, 15) is 14.4 Å². The Bertz CT molecular complexity index is 1120. The molecule has 2 aromatic rings. The number of nitrogens with one attached hydrogen (secondary N) is 2. The van der Waals surface area contributed by atoms with Crippen LogP contribution < -0.4 is 10.6 Å². The molecule has 0 aromatic heterocycles. The normalized spacial score (nSPS) is 15.3. The molecule has 3 amide bonds. The zero-order valence-corrected chi connectivity index (χ0v) is 23.8. The highest BCUT2D eigenvalue weighted by Gasteiger charge is 2.42. The lowest BCUT2D eigenvalue weighted by Crippen LogP contribution is -2.58. The van der Waals surface area contributed by atoms with Crippen molar-refractivity contribution in [1.82, 2.24) is 10.2 Å². The van der Waals surface area contributed by atoms with Gasteiger partial charge < -0.3 is 20.3 Å². The van der Waals surface area contributed by atoms with Gasteiger partial charge in [0.05, 0.1) is 0 Å². The summed E-state index contributed by atoms with van der Waals surface area (Å²) in [7, 11) is 0. The van der Waals surface area contributed by atoms with Gasteiger partial charge in [-0.15, -0.1) is 0 Å². The molecule has 1 saturated carbocycles. The van der Waals surface area contributed by atoms with Crippen LogP contribution in [0.3, 0.4) is 0 Å². The Morgan fingerprint density at radius 2 is 1.66 bits per heavy atom. The van der Waals surface area contributed by atoms with Gasteiger partial charge >= 0.3 is 6.09 Å². The molecule has 1 fully saturated rings. The number of nitrogens with zero attached hydrogens (tertiary/aromatic N) is 1. The fraction of sp³-hybridized carbons (Fsp3) is 0.516. The maximum absolute atomic E-state index is 14.3. The fourth-order valence-corrected chi connectivity index (χ4v) is 4.58. The number of ether oxygens (including phenoxy) is 1. The molecule has 1 aliphatic rings. The van der Waals surface area contributed by atoms with Gasteiger partial charge in [-0.1, -0.05) is 63.2 Å². The minimum Gasteiger partial charge on any atom is -0.444 e. The molecule has 2 atom stereocenters. The van der Waals surface area contributed by atoms with Crippen molar-refractivity contribution in [3.05, 3.63) is 65.2 Å². The van der Waals surface area contributed by atoms with Crippen LogP contribution in [0.2, 0.25) is 0 Å². The van der Waals surface area contributed by atoms with Crippen molar-refractivity contribution in [2.75, 3.05) is 5.32 Å². The van der Waals surface area contributed by atoms with Crippen LogP contribution in [0.25, 0.3) is 0 Å². The molecule has 0 spiro atoms. The van der Waals surface area contributed by atoms with Crippen LogP contribution in [-0.4, -0.2) is 40.5 Å². The lowest BCUT2D eigenvalue weighted by Gasteiger charge is -2.44. The van der Waals surface area contributed by atoms with E-state index in [1.807, 2.05) is 69.3 Å². The summed E-state index contributed by atoms with van der Waals surface area (Å²) in [6.45, 7) is 13.1. The molecule has 3 rings (SSSR count). The topological polar surface area (TPSA) is 87.7 Å². The van der Waals surface area contributed by atoms with Gasteiger partial charge in [0.1, 0.15) is 17.7 Å². The van der Waals surface area contributed by atoms with Crippen LogP contribution in [0.4, 0.5) is 10.5 Å².